The van der Waals surface area contributed by atoms with Crippen LogP contribution in [0.2, 0.25) is 0 Å². The summed E-state index contributed by atoms with van der Waals surface area (Å²) in [6.45, 7) is 0. The minimum Gasteiger partial charge on any atom is -0.668 e. The average molecular weight is 248 g/mol. The van der Waals surface area contributed by atoms with Crippen LogP contribution in [0.15, 0.2) is 30.3 Å². The van der Waals surface area contributed by atoms with E-state index in [1.165, 1.54) is 0 Å². The minimum absolute atomic E-state index is 0. The van der Waals surface area contributed by atoms with Gasteiger partial charge in [-0.05, 0) is 0 Å². The van der Waals surface area contributed by atoms with Crippen molar-refractivity contribution in [3.8, 4) is 0 Å². The van der Waals surface area contributed by atoms with Crippen molar-refractivity contribution < 1.29 is 18.6 Å². The maximum atomic E-state index is 3.50. The van der Waals surface area contributed by atoms with Crippen molar-refractivity contribution in [1.29, 1.82) is 0 Å². The molecular weight excluding hydrogens is 225 g/mol. The predicted octanol–water partition coefficient (Wildman–Crippen LogP) is 3.26. The van der Waals surface area contributed by atoms with Crippen molar-refractivity contribution in [2.75, 3.05) is 42.3 Å². The third-order valence-electron chi connectivity index (χ3n) is 0.556. The van der Waals surface area contributed by atoms with Gasteiger partial charge in [-0.3, -0.25) is 0 Å². The van der Waals surface area contributed by atoms with Crippen molar-refractivity contribution in [1.82, 2.24) is 0 Å². The molecule has 1 radical (unpaired) electrons. The van der Waals surface area contributed by atoms with Crippen LogP contribution in [0.4, 0.5) is 0 Å². The maximum Gasteiger partial charge on any atom is 4.00 e. The average Bonchev–Trinajstić information content (AvgIpc) is 2.63. The first-order valence-electron chi connectivity index (χ1n) is 4.35. The van der Waals surface area contributed by atoms with Crippen LogP contribution in [0.25, 0.3) is 16.0 Å². The van der Waals surface area contributed by atoms with Gasteiger partial charge in [0.2, 0.25) is 0 Å². The molecule has 1 aromatic rings. The molecule has 0 spiro atoms. The number of nitrogens with zero attached hydrogens (tertiary/aromatic N) is 3. The summed E-state index contributed by atoms with van der Waals surface area (Å²) < 4.78 is 0. The first-order valence-corrected chi connectivity index (χ1v) is 4.35. The summed E-state index contributed by atoms with van der Waals surface area (Å²) in [7, 11) is 10.5. The maximum absolute atomic E-state index is 3.50. The van der Waals surface area contributed by atoms with E-state index in [1.807, 2.05) is 30.3 Å². The molecule has 1 rings (SSSR count). The quantitative estimate of drug-likeness (QED) is 0.632. The Morgan fingerprint density at radius 3 is 0.933 bits per heavy atom. The predicted molar refractivity (Wildman–Crippen MR) is 67.7 cm³/mol. The molecule has 4 heteroatoms. The fraction of sp³-hybridized carbons (Fsp3) is 0.545. The van der Waals surface area contributed by atoms with Gasteiger partial charge in [0.05, 0.1) is 0 Å². The zero-order chi connectivity index (χ0) is 11.7. The van der Waals surface area contributed by atoms with Gasteiger partial charge in [-0.1, -0.05) is 0 Å². The van der Waals surface area contributed by atoms with Crippen LogP contribution >= 0.6 is 0 Å². The SMILES string of the molecule is C[N-]C.C[N-]C.C[N-]C.[V+4].c1cc[cH-]c1. The van der Waals surface area contributed by atoms with Crippen molar-refractivity contribution in [3.63, 3.8) is 0 Å². The van der Waals surface area contributed by atoms with E-state index in [0.717, 1.165) is 0 Å². The van der Waals surface area contributed by atoms with Gasteiger partial charge < -0.3 is 16.0 Å². The van der Waals surface area contributed by atoms with Crippen LogP contribution in [0.1, 0.15) is 0 Å². The van der Waals surface area contributed by atoms with Crippen LogP contribution < -0.4 is 0 Å². The molecule has 3 nitrogen and oxygen atoms in total. The van der Waals surface area contributed by atoms with Gasteiger partial charge >= 0.3 is 18.6 Å². The van der Waals surface area contributed by atoms with E-state index in [9.17, 15) is 0 Å². The summed E-state index contributed by atoms with van der Waals surface area (Å²) in [5, 5.41) is 10.5. The van der Waals surface area contributed by atoms with Gasteiger partial charge in [-0.15, -0.1) is 0 Å². The Bertz CT molecular complexity index is 99.4. The second-order valence-electron chi connectivity index (χ2n) is 2.30. The summed E-state index contributed by atoms with van der Waals surface area (Å²) in [6.07, 6.45) is 0. The third kappa shape index (κ3) is 83.2. The molecule has 0 saturated carbocycles. The zero-order valence-corrected chi connectivity index (χ0v) is 12.1. The van der Waals surface area contributed by atoms with E-state index in [4.69, 9.17) is 0 Å². The van der Waals surface area contributed by atoms with Crippen molar-refractivity contribution in [2.24, 2.45) is 0 Å². The Labute approximate surface area is 107 Å². The molecule has 0 N–H and O–H groups in total. The first kappa shape index (κ1) is 24.2. The van der Waals surface area contributed by atoms with Crippen LogP contribution in [0.5, 0.6) is 0 Å². The Kier molecular flexibility index (Phi) is 59.9. The summed E-state index contributed by atoms with van der Waals surface area (Å²) in [4.78, 5) is 0. The molecule has 0 unspecified atom stereocenters. The summed E-state index contributed by atoms with van der Waals surface area (Å²) in [6, 6.07) is 10.0. The normalized spacial score (nSPS) is 6.27. The number of hydrogen-bond acceptors (Lipinski definition) is 0. The second-order valence-corrected chi connectivity index (χ2v) is 2.30. The molecule has 0 aliphatic heterocycles. The van der Waals surface area contributed by atoms with E-state index in [0.29, 0.717) is 0 Å². The molecule has 87 valence electrons. The molecule has 15 heavy (non-hydrogen) atoms. The Hall–Kier alpha value is -0.186. The Balaban J connectivity index is -0.0000000550. The van der Waals surface area contributed by atoms with Crippen LogP contribution in [0, 0.1) is 0 Å². The van der Waals surface area contributed by atoms with E-state index in [2.05, 4.69) is 16.0 Å². The van der Waals surface area contributed by atoms with Crippen molar-refractivity contribution in [3.05, 3.63) is 46.3 Å². The smallest absolute Gasteiger partial charge is 0.668 e. The Morgan fingerprint density at radius 1 is 0.667 bits per heavy atom. The zero-order valence-electron chi connectivity index (χ0n) is 10.7. The van der Waals surface area contributed by atoms with Gasteiger partial charge in [0.25, 0.3) is 0 Å². The fourth-order valence-corrected chi connectivity index (χ4v) is 0.321. The summed E-state index contributed by atoms with van der Waals surface area (Å²) >= 11 is 0. The summed E-state index contributed by atoms with van der Waals surface area (Å²) in [5.41, 5.74) is 0. The largest absolute Gasteiger partial charge is 4.00 e. The van der Waals surface area contributed by atoms with Crippen molar-refractivity contribution >= 4 is 0 Å². The monoisotopic (exact) mass is 248 g/mol. The first-order chi connectivity index (χ1) is 6.74. The molecule has 0 atom stereocenters. The topological polar surface area (TPSA) is 42.3 Å². The minimum atomic E-state index is 0. The molecule has 0 heterocycles. The van der Waals surface area contributed by atoms with Gasteiger partial charge in [-0.2, -0.15) is 60.5 Å². The van der Waals surface area contributed by atoms with E-state index >= 15 is 0 Å². The molecule has 0 aliphatic rings. The molecule has 0 saturated heterocycles. The second kappa shape index (κ2) is 37.1. The molecule has 1 aromatic carbocycles. The summed E-state index contributed by atoms with van der Waals surface area (Å²) in [5.74, 6) is 0. The standard InChI is InChI=1S/C5H5.3C2H6N.V/c1-2-4-5-3-1;3*1-3-2;/h1-5H;3*1-2H3;/q4*-1;+4. The van der Waals surface area contributed by atoms with Crippen LogP contribution in [-0.4, -0.2) is 42.3 Å². The van der Waals surface area contributed by atoms with Crippen molar-refractivity contribution in [2.45, 2.75) is 0 Å². The van der Waals surface area contributed by atoms with E-state index in [-0.39, 0.29) is 18.6 Å². The molecule has 0 fully saturated rings. The third-order valence-corrected chi connectivity index (χ3v) is 0.556. The van der Waals surface area contributed by atoms with Crippen LogP contribution in [-0.2, 0) is 18.6 Å². The van der Waals surface area contributed by atoms with E-state index in [1.54, 1.807) is 42.3 Å². The van der Waals surface area contributed by atoms with Gasteiger partial charge in [0, 0.05) is 0 Å². The van der Waals surface area contributed by atoms with Gasteiger partial charge in [0.15, 0.2) is 0 Å². The molecule has 0 bridgehead atoms. The molecular formula is C11H23N3V. The molecule has 0 aliphatic carbocycles. The van der Waals surface area contributed by atoms with Gasteiger partial charge in [0.1, 0.15) is 0 Å². The molecule has 0 aromatic heterocycles. The van der Waals surface area contributed by atoms with E-state index < -0.39 is 0 Å². The number of hydrogen-bond donors (Lipinski definition) is 0. The van der Waals surface area contributed by atoms with Gasteiger partial charge in [-0.25, -0.2) is 12.1 Å². The fourth-order valence-electron chi connectivity index (χ4n) is 0.321. The number of rotatable bonds is 0. The Morgan fingerprint density at radius 2 is 0.867 bits per heavy atom. The van der Waals surface area contributed by atoms with Crippen LogP contribution in [0.3, 0.4) is 0 Å². The molecule has 0 amide bonds.